The zero-order chi connectivity index (χ0) is 47.2. The quantitative estimate of drug-likeness (QED) is 0.0858. The molecule has 4 heterocycles. The molecule has 10 heteroatoms. The van der Waals surface area contributed by atoms with Crippen molar-refractivity contribution >= 4 is 46.0 Å². The predicted octanol–water partition coefficient (Wildman–Crippen LogP) is 15.3. The Kier molecular flexibility index (Phi) is 28.5. The first-order chi connectivity index (χ1) is 33.7. The molecule has 0 aliphatic heterocycles. The molecule has 0 fully saturated rings. The molecule has 5 aromatic carbocycles. The van der Waals surface area contributed by atoms with E-state index in [0.717, 1.165) is 51.6 Å². The maximum atomic E-state index is 6.49. The molecule has 0 amide bonds. The molecule has 0 N–H and O–H groups in total. The molecule has 1 radical (unpaired) electrons. The summed E-state index contributed by atoms with van der Waals surface area (Å²) >= 11 is 0. The summed E-state index contributed by atoms with van der Waals surface area (Å²) in [5.74, 6) is 25.1. The number of hydrogen-bond acceptors (Lipinski definition) is 4. The summed E-state index contributed by atoms with van der Waals surface area (Å²) in [5, 5.41) is 17.3. The Hall–Kier alpha value is -9.05. The number of pyridine rings is 4. The minimum atomic E-state index is 0. The van der Waals surface area contributed by atoms with Crippen LogP contribution in [0.2, 0.25) is 0 Å². The van der Waals surface area contributed by atoms with Crippen molar-refractivity contribution < 1.29 is 39.0 Å². The van der Waals surface area contributed by atoms with Crippen molar-refractivity contribution in [3.05, 3.63) is 282 Å². The summed E-state index contributed by atoms with van der Waals surface area (Å²) in [5.41, 5.74) is 4.65. The van der Waals surface area contributed by atoms with Crippen molar-refractivity contribution in [3.63, 3.8) is 0 Å². The zero-order valence-electron chi connectivity index (χ0n) is 37.5. The maximum absolute atomic E-state index is 6.49. The molecule has 9 rings (SSSR count). The second-order valence-corrected chi connectivity index (χ2v) is 13.0. The molecule has 70 heavy (non-hydrogen) atoms. The third kappa shape index (κ3) is 25.0. The first-order valence-corrected chi connectivity index (χ1v) is 20.9. The molecule has 0 aliphatic carbocycles. The summed E-state index contributed by atoms with van der Waals surface area (Å²) < 4.78 is 0. The molecule has 0 bridgehead atoms. The molecule has 337 valence electrons. The van der Waals surface area contributed by atoms with E-state index in [0.29, 0.717) is 0 Å². The van der Waals surface area contributed by atoms with Crippen LogP contribution in [0.4, 0.5) is 46.0 Å². The van der Waals surface area contributed by atoms with Crippen molar-refractivity contribution in [2.45, 2.75) is 0 Å². The summed E-state index contributed by atoms with van der Waals surface area (Å²) in [6.07, 6.45) is 13.4. The van der Waals surface area contributed by atoms with E-state index in [1.807, 2.05) is 230 Å². The number of para-hydroxylation sites is 4. The van der Waals surface area contributed by atoms with Crippen LogP contribution in [0.15, 0.2) is 249 Å². The second kappa shape index (κ2) is 36.1. The molecular formula is C60H41N8Ru2. The number of aromatic nitrogens is 4. The van der Waals surface area contributed by atoms with E-state index in [-0.39, 0.29) is 39.0 Å². The summed E-state index contributed by atoms with van der Waals surface area (Å²) in [7, 11) is 0. The molecule has 0 saturated heterocycles. The number of rotatable bonds is 8. The van der Waals surface area contributed by atoms with Gasteiger partial charge in [0.2, 0.25) is 0 Å². The molecule has 8 nitrogen and oxygen atoms in total. The first-order valence-electron chi connectivity index (χ1n) is 20.9. The SMILES string of the molecule is [C-]#CC#CC#CC#CC#Cc1ccccc1.[Ru+2].[Ru+3].c1ccc([N-]c2ccccn2)cc1.c1ccc([N-]c2ccccn2)cc1.c1ccc([N-]c2ccccn2)cc1.c1ccc([N-]c2ccccn2)cc1. The molecular weight excluding hydrogens is 1030 g/mol. The largest absolute Gasteiger partial charge is 3.00 e. The monoisotopic (exact) mass is 1080 g/mol. The van der Waals surface area contributed by atoms with Gasteiger partial charge >= 0.3 is 39.0 Å². The van der Waals surface area contributed by atoms with Crippen molar-refractivity contribution in [2.75, 3.05) is 0 Å². The van der Waals surface area contributed by atoms with Gasteiger partial charge in [-0.1, -0.05) is 266 Å². The van der Waals surface area contributed by atoms with E-state index in [9.17, 15) is 0 Å². The smallest absolute Gasteiger partial charge is 0.443 e. The first kappa shape index (κ1) is 55.3. The molecule has 9 aromatic rings. The van der Waals surface area contributed by atoms with E-state index in [1.165, 1.54) is 0 Å². The van der Waals surface area contributed by atoms with Gasteiger partial charge in [-0.3, -0.25) is 5.92 Å². The van der Waals surface area contributed by atoms with Crippen molar-refractivity contribution in [1.29, 1.82) is 0 Å². The number of benzene rings is 5. The summed E-state index contributed by atoms with van der Waals surface area (Å²) in [6, 6.07) is 71.5. The fourth-order valence-electron chi connectivity index (χ4n) is 5.03. The van der Waals surface area contributed by atoms with Gasteiger partial charge in [0.1, 0.15) is 0 Å². The molecule has 0 spiro atoms. The fraction of sp³-hybridized carbons (Fsp3) is 0. The van der Waals surface area contributed by atoms with Gasteiger partial charge < -0.3 is 47.6 Å². The standard InChI is InChI=1S/C16H5.4C11H9N2.2Ru/c1-2-3-4-5-6-7-8-10-13-16-14-11-9-12-15-16;4*1-2-6-10(7-3-1)13-11-8-4-5-9-12-11;;/h9,11-12,14-15H;4*1-9H;;/q5*-1;+2;+3. The number of hydrogen-bond donors (Lipinski definition) is 0. The van der Waals surface area contributed by atoms with E-state index in [4.69, 9.17) is 6.42 Å². The van der Waals surface area contributed by atoms with Crippen LogP contribution in [0.25, 0.3) is 21.3 Å². The average molecular weight is 1080 g/mol. The topological polar surface area (TPSA) is 108 Å². The van der Waals surface area contributed by atoms with Crippen molar-refractivity contribution in [2.24, 2.45) is 0 Å². The van der Waals surface area contributed by atoms with Crippen molar-refractivity contribution in [3.8, 4) is 53.3 Å². The summed E-state index contributed by atoms with van der Waals surface area (Å²) in [6.45, 7) is 0. The van der Waals surface area contributed by atoms with Gasteiger partial charge in [0.25, 0.3) is 0 Å². The molecule has 4 aromatic heterocycles. The van der Waals surface area contributed by atoms with Crippen LogP contribution in [0.1, 0.15) is 5.56 Å². The second-order valence-electron chi connectivity index (χ2n) is 13.0. The van der Waals surface area contributed by atoms with Crippen LogP contribution in [-0.4, -0.2) is 19.9 Å². The normalized spacial score (nSPS) is 8.44. The zero-order valence-corrected chi connectivity index (χ0v) is 40.9. The van der Waals surface area contributed by atoms with E-state index in [2.05, 4.69) is 88.6 Å². The average Bonchev–Trinajstić information content (AvgIpc) is 3.41. The van der Waals surface area contributed by atoms with Crippen LogP contribution in [0.3, 0.4) is 0 Å². The Morgan fingerprint density at radius 1 is 0.286 bits per heavy atom. The minimum Gasteiger partial charge on any atom is -0.443 e. The Bertz CT molecular complexity index is 2590. The third-order valence-electron chi connectivity index (χ3n) is 8.01. The van der Waals surface area contributed by atoms with Gasteiger partial charge in [-0.25, -0.2) is 5.92 Å². The number of nitrogens with zero attached hydrogens (tertiary/aromatic N) is 8. The van der Waals surface area contributed by atoms with Crippen LogP contribution in [-0.2, 0) is 39.0 Å². The Morgan fingerprint density at radius 2 is 0.529 bits per heavy atom. The predicted molar refractivity (Wildman–Crippen MR) is 277 cm³/mol. The minimum absolute atomic E-state index is 0. The molecule has 0 unspecified atom stereocenters. The fourth-order valence-corrected chi connectivity index (χ4v) is 5.03. The van der Waals surface area contributed by atoms with Crippen LogP contribution >= 0.6 is 0 Å². The Labute approximate surface area is 437 Å². The van der Waals surface area contributed by atoms with Crippen LogP contribution < -0.4 is 0 Å². The van der Waals surface area contributed by atoms with E-state index < -0.39 is 0 Å². The van der Waals surface area contributed by atoms with Gasteiger partial charge in [0, 0.05) is 5.56 Å². The van der Waals surface area contributed by atoms with E-state index >= 15 is 0 Å². The van der Waals surface area contributed by atoms with Crippen molar-refractivity contribution in [1.82, 2.24) is 19.9 Å². The van der Waals surface area contributed by atoms with Crippen LogP contribution in [0.5, 0.6) is 0 Å². The Balaban J connectivity index is 0.000000230. The van der Waals surface area contributed by atoms with Gasteiger partial charge in [-0.05, 0) is 64.5 Å². The Morgan fingerprint density at radius 3 is 0.786 bits per heavy atom. The molecule has 0 aliphatic rings. The van der Waals surface area contributed by atoms with Gasteiger partial charge in [-0.2, -0.15) is 0 Å². The van der Waals surface area contributed by atoms with Gasteiger partial charge in [0.15, 0.2) is 0 Å². The molecule has 0 saturated carbocycles. The van der Waals surface area contributed by atoms with Crippen LogP contribution in [0, 0.1) is 59.7 Å². The van der Waals surface area contributed by atoms with Gasteiger partial charge in [0.05, 0.1) is 0 Å². The summed E-state index contributed by atoms with van der Waals surface area (Å²) in [4.78, 5) is 16.4. The molecule has 0 atom stereocenters. The third-order valence-corrected chi connectivity index (χ3v) is 8.01. The van der Waals surface area contributed by atoms with E-state index in [1.54, 1.807) is 24.8 Å². The maximum Gasteiger partial charge on any atom is 3.00 e. The van der Waals surface area contributed by atoms with Gasteiger partial charge in [-0.15, -0.1) is 5.92 Å².